The molecule has 2 aliphatic heterocycles. The fraction of sp³-hybridized carbons (Fsp3) is 0.688. The molecular formula is C16H25ClN4O. The highest BCUT2D eigenvalue weighted by Crippen LogP contribution is 2.25. The lowest BCUT2D eigenvalue weighted by Crippen LogP contribution is -2.51. The number of hydrogen-bond donors (Lipinski definition) is 0. The van der Waals surface area contributed by atoms with Gasteiger partial charge in [-0.05, 0) is 13.0 Å². The summed E-state index contributed by atoms with van der Waals surface area (Å²) in [4.78, 5) is 11.5. The van der Waals surface area contributed by atoms with E-state index in [2.05, 4.69) is 26.6 Å². The first-order valence-corrected chi connectivity index (χ1v) is 8.50. The van der Waals surface area contributed by atoms with Gasteiger partial charge in [-0.1, -0.05) is 11.6 Å². The van der Waals surface area contributed by atoms with Gasteiger partial charge < -0.3 is 9.64 Å². The Bertz CT molecular complexity index is 479. The van der Waals surface area contributed by atoms with E-state index < -0.39 is 0 Å². The summed E-state index contributed by atoms with van der Waals surface area (Å²) in [5, 5.41) is 0.748. The summed E-state index contributed by atoms with van der Waals surface area (Å²) < 4.78 is 5.50. The standard InChI is InChI=1S/C16H25ClN4O/c1-14-13-22-11-10-20(14)7-4-19-5-8-21(9-6-19)16-2-3-18-12-15(16)17/h2-3,12,14H,4-11,13H2,1H3. The second kappa shape index (κ2) is 7.59. The molecule has 3 rings (SSSR count). The number of morpholine rings is 1. The van der Waals surface area contributed by atoms with Crippen LogP contribution in [-0.4, -0.2) is 79.9 Å². The molecule has 0 bridgehead atoms. The largest absolute Gasteiger partial charge is 0.379 e. The summed E-state index contributed by atoms with van der Waals surface area (Å²) in [7, 11) is 0. The van der Waals surface area contributed by atoms with E-state index in [9.17, 15) is 0 Å². The molecule has 2 saturated heterocycles. The summed E-state index contributed by atoms with van der Waals surface area (Å²) in [5.41, 5.74) is 1.11. The molecule has 0 spiro atoms. The van der Waals surface area contributed by atoms with E-state index in [1.54, 1.807) is 6.20 Å². The summed E-state index contributed by atoms with van der Waals surface area (Å²) in [6, 6.07) is 2.55. The van der Waals surface area contributed by atoms with Gasteiger partial charge in [-0.25, -0.2) is 0 Å². The van der Waals surface area contributed by atoms with Gasteiger partial charge in [0.2, 0.25) is 0 Å². The smallest absolute Gasteiger partial charge is 0.0822 e. The van der Waals surface area contributed by atoms with Crippen molar-refractivity contribution < 1.29 is 4.74 Å². The van der Waals surface area contributed by atoms with E-state index >= 15 is 0 Å². The second-order valence-electron chi connectivity index (χ2n) is 6.12. The fourth-order valence-corrected chi connectivity index (χ4v) is 3.44. The average Bonchev–Trinajstić information content (AvgIpc) is 2.55. The molecule has 1 unspecified atom stereocenters. The third-order valence-electron chi connectivity index (χ3n) is 4.67. The Morgan fingerprint density at radius 1 is 1.23 bits per heavy atom. The molecule has 0 radical (unpaired) electrons. The van der Waals surface area contributed by atoms with Crippen molar-refractivity contribution in [3.63, 3.8) is 0 Å². The Labute approximate surface area is 137 Å². The fourth-order valence-electron chi connectivity index (χ4n) is 3.20. The summed E-state index contributed by atoms with van der Waals surface area (Å²) in [6.07, 6.45) is 3.54. The van der Waals surface area contributed by atoms with Crippen molar-refractivity contribution in [2.24, 2.45) is 0 Å². The molecule has 0 amide bonds. The van der Waals surface area contributed by atoms with E-state index in [0.29, 0.717) is 6.04 Å². The van der Waals surface area contributed by atoms with Gasteiger partial charge in [0.25, 0.3) is 0 Å². The van der Waals surface area contributed by atoms with Crippen LogP contribution in [0.25, 0.3) is 0 Å². The lowest BCUT2D eigenvalue weighted by atomic mass is 10.2. The molecule has 1 aromatic rings. The monoisotopic (exact) mass is 324 g/mol. The minimum absolute atomic E-state index is 0.547. The summed E-state index contributed by atoms with van der Waals surface area (Å²) in [5.74, 6) is 0. The zero-order valence-corrected chi connectivity index (χ0v) is 14.0. The van der Waals surface area contributed by atoms with Crippen LogP contribution < -0.4 is 4.90 Å². The van der Waals surface area contributed by atoms with Crippen LogP contribution in [0.15, 0.2) is 18.5 Å². The van der Waals surface area contributed by atoms with Crippen LogP contribution in [0.3, 0.4) is 0 Å². The molecule has 0 aromatic carbocycles. The van der Waals surface area contributed by atoms with E-state index in [1.165, 1.54) is 0 Å². The Morgan fingerprint density at radius 3 is 2.77 bits per heavy atom. The van der Waals surface area contributed by atoms with Crippen molar-refractivity contribution in [1.29, 1.82) is 0 Å². The molecule has 2 aliphatic rings. The van der Waals surface area contributed by atoms with Crippen molar-refractivity contribution in [3.8, 4) is 0 Å². The first kappa shape index (κ1) is 16.0. The maximum Gasteiger partial charge on any atom is 0.0822 e. The number of aromatic nitrogens is 1. The number of nitrogens with zero attached hydrogens (tertiary/aromatic N) is 4. The molecule has 1 aromatic heterocycles. The summed E-state index contributed by atoms with van der Waals surface area (Å²) in [6.45, 7) is 11.6. The van der Waals surface area contributed by atoms with Crippen molar-refractivity contribution in [1.82, 2.24) is 14.8 Å². The van der Waals surface area contributed by atoms with Crippen molar-refractivity contribution >= 4 is 17.3 Å². The molecule has 1 atom stereocenters. The van der Waals surface area contributed by atoms with E-state index in [1.807, 2.05) is 12.3 Å². The zero-order valence-electron chi connectivity index (χ0n) is 13.2. The predicted molar refractivity (Wildman–Crippen MR) is 89.8 cm³/mol. The van der Waals surface area contributed by atoms with Crippen LogP contribution in [0.2, 0.25) is 5.02 Å². The highest BCUT2D eigenvalue weighted by atomic mass is 35.5. The Morgan fingerprint density at radius 2 is 2.05 bits per heavy atom. The van der Waals surface area contributed by atoms with Crippen LogP contribution in [0.4, 0.5) is 5.69 Å². The molecule has 3 heterocycles. The molecule has 2 fully saturated rings. The minimum Gasteiger partial charge on any atom is -0.379 e. The van der Waals surface area contributed by atoms with Crippen molar-refractivity contribution in [3.05, 3.63) is 23.5 Å². The summed E-state index contributed by atoms with van der Waals surface area (Å²) >= 11 is 6.24. The van der Waals surface area contributed by atoms with Gasteiger partial charge in [0.05, 0.1) is 23.9 Å². The molecule has 5 nitrogen and oxygen atoms in total. The third-order valence-corrected chi connectivity index (χ3v) is 4.96. The maximum absolute atomic E-state index is 6.24. The van der Waals surface area contributed by atoms with E-state index in [0.717, 1.165) is 69.7 Å². The number of hydrogen-bond acceptors (Lipinski definition) is 5. The Hall–Kier alpha value is -0.880. The number of ether oxygens (including phenoxy) is 1. The topological polar surface area (TPSA) is 31.8 Å². The van der Waals surface area contributed by atoms with Gasteiger partial charge in [-0.2, -0.15) is 0 Å². The maximum atomic E-state index is 6.24. The van der Waals surface area contributed by atoms with Crippen LogP contribution in [0.5, 0.6) is 0 Å². The predicted octanol–water partition coefficient (Wildman–Crippen LogP) is 1.58. The Balaban J connectivity index is 1.45. The molecule has 6 heteroatoms. The van der Waals surface area contributed by atoms with Crippen LogP contribution in [0.1, 0.15) is 6.92 Å². The van der Waals surface area contributed by atoms with Gasteiger partial charge in [0, 0.05) is 64.2 Å². The van der Waals surface area contributed by atoms with Crippen LogP contribution >= 0.6 is 11.6 Å². The molecule has 122 valence electrons. The quantitative estimate of drug-likeness (QED) is 0.839. The molecular weight excluding hydrogens is 300 g/mol. The van der Waals surface area contributed by atoms with E-state index in [4.69, 9.17) is 16.3 Å². The third kappa shape index (κ3) is 3.90. The first-order chi connectivity index (χ1) is 10.7. The van der Waals surface area contributed by atoms with Crippen molar-refractivity contribution in [2.75, 3.05) is 63.9 Å². The lowest BCUT2D eigenvalue weighted by Gasteiger charge is -2.39. The first-order valence-electron chi connectivity index (χ1n) is 8.12. The lowest BCUT2D eigenvalue weighted by molar-refractivity contribution is -0.00417. The van der Waals surface area contributed by atoms with Crippen molar-refractivity contribution in [2.45, 2.75) is 13.0 Å². The van der Waals surface area contributed by atoms with Gasteiger partial charge in [0.1, 0.15) is 0 Å². The van der Waals surface area contributed by atoms with Gasteiger partial charge in [-0.3, -0.25) is 14.8 Å². The zero-order chi connectivity index (χ0) is 15.4. The SMILES string of the molecule is CC1COCCN1CCN1CCN(c2ccncc2Cl)CC1. The number of anilines is 1. The van der Waals surface area contributed by atoms with Crippen LogP contribution in [0, 0.1) is 0 Å². The van der Waals surface area contributed by atoms with Gasteiger partial charge in [0.15, 0.2) is 0 Å². The second-order valence-corrected chi connectivity index (χ2v) is 6.52. The molecule has 0 N–H and O–H groups in total. The number of rotatable bonds is 4. The molecule has 0 saturated carbocycles. The number of halogens is 1. The molecule has 22 heavy (non-hydrogen) atoms. The normalized spacial score (nSPS) is 24.6. The highest BCUT2D eigenvalue weighted by Gasteiger charge is 2.22. The number of pyridine rings is 1. The number of piperazine rings is 1. The van der Waals surface area contributed by atoms with Gasteiger partial charge in [-0.15, -0.1) is 0 Å². The average molecular weight is 325 g/mol. The minimum atomic E-state index is 0.547. The van der Waals surface area contributed by atoms with Gasteiger partial charge >= 0.3 is 0 Å². The van der Waals surface area contributed by atoms with Crippen LogP contribution in [-0.2, 0) is 4.74 Å². The highest BCUT2D eigenvalue weighted by molar-refractivity contribution is 6.33. The molecule has 0 aliphatic carbocycles. The Kier molecular flexibility index (Phi) is 5.52. The van der Waals surface area contributed by atoms with E-state index in [-0.39, 0.29) is 0 Å².